The summed E-state index contributed by atoms with van der Waals surface area (Å²) in [5.41, 5.74) is 5.41. The van der Waals surface area contributed by atoms with Crippen LogP contribution in [0.25, 0.3) is 0 Å². The van der Waals surface area contributed by atoms with Gasteiger partial charge in [0.05, 0.1) is 6.61 Å². The Morgan fingerprint density at radius 3 is 2.33 bits per heavy atom. The van der Waals surface area contributed by atoms with Gasteiger partial charge in [0.1, 0.15) is 5.84 Å². The first kappa shape index (κ1) is 16.5. The van der Waals surface area contributed by atoms with Crippen LogP contribution < -0.4 is 5.73 Å². The average molecular weight is 260 g/mol. The summed E-state index contributed by atoms with van der Waals surface area (Å²) in [4.78, 5) is 15.5. The number of rotatable bonds is 8. The molecule has 0 atom stereocenters. The molecule has 0 bridgehead atoms. The number of hydrogen-bond donors (Lipinski definition) is 2. The molecule has 0 aliphatic carbocycles. The van der Waals surface area contributed by atoms with Gasteiger partial charge in [-0.3, -0.25) is 0 Å². The van der Waals surface area contributed by atoms with E-state index >= 15 is 0 Å². The quantitative estimate of drug-likeness (QED) is 0.288. The molecule has 2 amide bonds. The lowest BCUT2D eigenvalue weighted by atomic mass is 10.3. The first-order valence-electron chi connectivity index (χ1n) is 6.09. The third-order valence-corrected chi connectivity index (χ3v) is 2.64. The van der Waals surface area contributed by atoms with Crippen molar-refractivity contribution in [3.8, 4) is 0 Å². The van der Waals surface area contributed by atoms with E-state index in [9.17, 15) is 4.79 Å². The number of nitrogens with zero attached hydrogens (tertiary/aromatic N) is 3. The number of ether oxygens (including phenoxy) is 1. The van der Waals surface area contributed by atoms with Gasteiger partial charge in [-0.1, -0.05) is 5.16 Å². The summed E-state index contributed by atoms with van der Waals surface area (Å²) in [5.74, 6) is 0.116. The van der Waals surface area contributed by atoms with Gasteiger partial charge in [-0.2, -0.15) is 0 Å². The summed E-state index contributed by atoms with van der Waals surface area (Å²) in [5, 5.41) is 11.4. The summed E-state index contributed by atoms with van der Waals surface area (Å²) in [6.45, 7) is 6.53. The minimum Gasteiger partial charge on any atom is -0.409 e. The van der Waals surface area contributed by atoms with Crippen molar-refractivity contribution in [2.75, 3.05) is 39.9 Å². The van der Waals surface area contributed by atoms with Gasteiger partial charge in [-0.25, -0.2) is 4.79 Å². The van der Waals surface area contributed by atoms with Gasteiger partial charge in [0.15, 0.2) is 0 Å². The summed E-state index contributed by atoms with van der Waals surface area (Å²) in [6.07, 6.45) is 0.340. The fraction of sp³-hybridized carbons (Fsp3) is 0.818. The van der Waals surface area contributed by atoms with E-state index in [0.717, 1.165) is 0 Å². The zero-order valence-corrected chi connectivity index (χ0v) is 11.4. The Morgan fingerprint density at radius 2 is 1.89 bits per heavy atom. The molecule has 0 unspecified atom stereocenters. The Labute approximate surface area is 108 Å². The number of carbonyl (C=O) groups is 1. The number of oxime groups is 1. The molecule has 0 saturated carbocycles. The predicted molar refractivity (Wildman–Crippen MR) is 69.8 cm³/mol. The summed E-state index contributed by atoms with van der Waals surface area (Å²) in [6, 6.07) is -0.0530. The number of methoxy groups -OCH3 is 1. The molecule has 0 aliphatic heterocycles. The molecule has 0 aromatic heterocycles. The Hall–Kier alpha value is -1.50. The van der Waals surface area contributed by atoms with E-state index in [-0.39, 0.29) is 11.9 Å². The molecule has 0 saturated heterocycles. The van der Waals surface area contributed by atoms with Crippen LogP contribution in [0.5, 0.6) is 0 Å². The maximum Gasteiger partial charge on any atom is 0.320 e. The maximum absolute atomic E-state index is 12.2. The average Bonchev–Trinajstić information content (AvgIpc) is 2.39. The highest BCUT2D eigenvalue weighted by atomic mass is 16.5. The molecule has 7 nitrogen and oxygen atoms in total. The van der Waals surface area contributed by atoms with Crippen molar-refractivity contribution < 1.29 is 14.7 Å². The van der Waals surface area contributed by atoms with E-state index in [1.165, 1.54) is 0 Å². The Bertz CT molecular complexity index is 267. The molecular weight excluding hydrogens is 236 g/mol. The van der Waals surface area contributed by atoms with E-state index in [4.69, 9.17) is 15.7 Å². The second kappa shape index (κ2) is 9.52. The van der Waals surface area contributed by atoms with E-state index in [0.29, 0.717) is 39.2 Å². The number of urea groups is 1. The fourth-order valence-electron chi connectivity index (χ4n) is 1.50. The van der Waals surface area contributed by atoms with Crippen LogP contribution in [0.3, 0.4) is 0 Å². The third kappa shape index (κ3) is 5.72. The SMILES string of the molecule is CCN(CC)C(=O)N(CCOC)CCC(N)=NO. The van der Waals surface area contributed by atoms with Gasteiger partial charge in [0, 0.05) is 39.7 Å². The largest absolute Gasteiger partial charge is 0.409 e. The highest BCUT2D eigenvalue weighted by molar-refractivity contribution is 5.81. The molecule has 3 N–H and O–H groups in total. The molecule has 7 heteroatoms. The second-order valence-corrected chi connectivity index (χ2v) is 3.78. The van der Waals surface area contributed by atoms with Crippen molar-refractivity contribution in [2.24, 2.45) is 10.9 Å². The highest BCUT2D eigenvalue weighted by Crippen LogP contribution is 2.01. The Kier molecular flexibility index (Phi) is 8.73. The van der Waals surface area contributed by atoms with Gasteiger partial charge in [-0.15, -0.1) is 0 Å². The molecule has 106 valence electrons. The van der Waals surface area contributed by atoms with Crippen LogP contribution in [0.1, 0.15) is 20.3 Å². The molecule has 0 heterocycles. The van der Waals surface area contributed by atoms with Gasteiger partial charge < -0.3 is 25.5 Å². The van der Waals surface area contributed by atoms with Crippen molar-refractivity contribution in [1.29, 1.82) is 0 Å². The van der Waals surface area contributed by atoms with Gasteiger partial charge in [0.2, 0.25) is 0 Å². The molecule has 0 aliphatic rings. The molecule has 0 aromatic rings. The normalized spacial score (nSPS) is 11.4. The van der Waals surface area contributed by atoms with Crippen molar-refractivity contribution >= 4 is 11.9 Å². The van der Waals surface area contributed by atoms with Crippen LogP contribution in [-0.4, -0.2) is 66.8 Å². The van der Waals surface area contributed by atoms with Crippen LogP contribution in [0.2, 0.25) is 0 Å². The summed E-state index contributed by atoms with van der Waals surface area (Å²) >= 11 is 0. The molecule has 0 radical (unpaired) electrons. The molecule has 0 fully saturated rings. The van der Waals surface area contributed by atoms with Crippen LogP contribution >= 0.6 is 0 Å². The van der Waals surface area contributed by atoms with Gasteiger partial charge in [-0.05, 0) is 13.8 Å². The number of amides is 2. The fourth-order valence-corrected chi connectivity index (χ4v) is 1.50. The lowest BCUT2D eigenvalue weighted by molar-refractivity contribution is 0.128. The van der Waals surface area contributed by atoms with Crippen LogP contribution in [0, 0.1) is 0 Å². The first-order chi connectivity index (χ1) is 8.60. The van der Waals surface area contributed by atoms with Gasteiger partial charge >= 0.3 is 6.03 Å². The molecule has 0 aromatic carbocycles. The first-order valence-corrected chi connectivity index (χ1v) is 6.09. The molecule has 0 rings (SSSR count). The molecule has 18 heavy (non-hydrogen) atoms. The van der Waals surface area contributed by atoms with E-state index < -0.39 is 0 Å². The number of amidine groups is 1. The predicted octanol–water partition coefficient (Wildman–Crippen LogP) is 0.533. The summed E-state index contributed by atoms with van der Waals surface area (Å²) in [7, 11) is 1.59. The smallest absolute Gasteiger partial charge is 0.320 e. The highest BCUT2D eigenvalue weighted by Gasteiger charge is 2.18. The topological polar surface area (TPSA) is 91.4 Å². The number of hydrogen-bond acceptors (Lipinski definition) is 4. The van der Waals surface area contributed by atoms with Crippen LogP contribution in [0.4, 0.5) is 4.79 Å². The lowest BCUT2D eigenvalue weighted by Crippen LogP contribution is -2.45. The monoisotopic (exact) mass is 260 g/mol. The maximum atomic E-state index is 12.2. The lowest BCUT2D eigenvalue weighted by Gasteiger charge is -2.29. The van der Waals surface area contributed by atoms with Gasteiger partial charge in [0.25, 0.3) is 0 Å². The van der Waals surface area contributed by atoms with Crippen molar-refractivity contribution in [3.63, 3.8) is 0 Å². The molecule has 0 spiro atoms. The second-order valence-electron chi connectivity index (χ2n) is 3.78. The number of nitrogens with two attached hydrogens (primary N) is 1. The summed E-state index contributed by atoms with van der Waals surface area (Å²) < 4.78 is 4.98. The zero-order chi connectivity index (χ0) is 14.0. The number of carbonyl (C=O) groups excluding carboxylic acids is 1. The molecular formula is C11H24N4O3. The van der Waals surface area contributed by atoms with Crippen LogP contribution in [0.15, 0.2) is 5.16 Å². The van der Waals surface area contributed by atoms with E-state index in [1.807, 2.05) is 13.8 Å². The van der Waals surface area contributed by atoms with Crippen molar-refractivity contribution in [3.05, 3.63) is 0 Å². The third-order valence-electron chi connectivity index (χ3n) is 2.64. The Morgan fingerprint density at radius 1 is 1.28 bits per heavy atom. The van der Waals surface area contributed by atoms with Crippen molar-refractivity contribution in [1.82, 2.24) is 9.80 Å². The van der Waals surface area contributed by atoms with E-state index in [1.54, 1.807) is 16.9 Å². The zero-order valence-electron chi connectivity index (χ0n) is 11.4. The minimum absolute atomic E-state index is 0.0530. The minimum atomic E-state index is -0.0530. The van der Waals surface area contributed by atoms with E-state index in [2.05, 4.69) is 5.16 Å². The van der Waals surface area contributed by atoms with Crippen molar-refractivity contribution in [2.45, 2.75) is 20.3 Å². The Balaban J connectivity index is 4.50. The standard InChI is InChI=1S/C11H24N4O3/c1-4-14(5-2)11(16)15(8-9-18-3)7-6-10(12)13-17/h17H,4-9H2,1-3H3,(H2,12,13). The van der Waals surface area contributed by atoms with Crippen LogP contribution in [-0.2, 0) is 4.74 Å².